The van der Waals surface area contributed by atoms with Crippen LogP contribution in [0.4, 0.5) is 0 Å². The first-order chi connectivity index (χ1) is 6.75. The molecule has 1 aromatic heterocycles. The van der Waals surface area contributed by atoms with Gasteiger partial charge in [-0.1, -0.05) is 0 Å². The van der Waals surface area contributed by atoms with Crippen molar-refractivity contribution in [2.75, 3.05) is 13.6 Å². The van der Waals surface area contributed by atoms with E-state index in [1.807, 2.05) is 6.07 Å². The first-order valence-electron chi connectivity index (χ1n) is 5.00. The molecule has 2 heterocycles. The van der Waals surface area contributed by atoms with Crippen molar-refractivity contribution in [1.82, 2.24) is 15.1 Å². The Morgan fingerprint density at radius 1 is 1.64 bits per heavy atom. The van der Waals surface area contributed by atoms with Gasteiger partial charge in [0.1, 0.15) is 0 Å². The number of likely N-dealkylation sites (N-methyl/N-ethyl adjacent to an activating group) is 1. The smallest absolute Gasteiger partial charge is 0.264 e. The van der Waals surface area contributed by atoms with Crippen molar-refractivity contribution in [3.05, 3.63) is 28.2 Å². The molecule has 4 heteroatoms. The van der Waals surface area contributed by atoms with Crippen molar-refractivity contribution >= 4 is 0 Å². The predicted octanol–water partition coefficient (Wildman–Crippen LogP) is 0.407. The maximum atomic E-state index is 10.8. The summed E-state index contributed by atoms with van der Waals surface area (Å²) in [5, 5.41) is 6.48. The monoisotopic (exact) mass is 193 g/mol. The average molecular weight is 193 g/mol. The van der Waals surface area contributed by atoms with Crippen LogP contribution < -0.4 is 5.56 Å². The Morgan fingerprint density at radius 3 is 3.07 bits per heavy atom. The van der Waals surface area contributed by atoms with Gasteiger partial charge in [0, 0.05) is 18.5 Å². The highest BCUT2D eigenvalue weighted by Crippen LogP contribution is 2.17. The molecular formula is C10H15N3O. The van der Waals surface area contributed by atoms with Crippen molar-refractivity contribution in [2.24, 2.45) is 0 Å². The Morgan fingerprint density at radius 2 is 2.50 bits per heavy atom. The molecule has 0 saturated carbocycles. The number of rotatable bonds is 2. The zero-order chi connectivity index (χ0) is 9.97. The molecule has 1 atom stereocenters. The highest BCUT2D eigenvalue weighted by atomic mass is 16.1. The topological polar surface area (TPSA) is 49.0 Å². The van der Waals surface area contributed by atoms with Crippen LogP contribution in [0.1, 0.15) is 18.5 Å². The van der Waals surface area contributed by atoms with E-state index in [0.29, 0.717) is 6.04 Å². The molecule has 76 valence electrons. The molecular weight excluding hydrogens is 178 g/mol. The molecule has 1 N–H and O–H groups in total. The summed E-state index contributed by atoms with van der Waals surface area (Å²) in [5.74, 6) is 0. The van der Waals surface area contributed by atoms with E-state index in [2.05, 4.69) is 22.1 Å². The summed E-state index contributed by atoms with van der Waals surface area (Å²) in [6.07, 6.45) is 3.44. The zero-order valence-corrected chi connectivity index (χ0v) is 8.36. The lowest BCUT2D eigenvalue weighted by Gasteiger charge is -2.18. The lowest BCUT2D eigenvalue weighted by atomic mass is 10.1. The normalized spacial score (nSPS) is 22.8. The summed E-state index contributed by atoms with van der Waals surface area (Å²) in [4.78, 5) is 13.1. The van der Waals surface area contributed by atoms with Gasteiger partial charge in [0.2, 0.25) is 0 Å². The van der Waals surface area contributed by atoms with Gasteiger partial charge in [0.15, 0.2) is 0 Å². The second kappa shape index (κ2) is 3.92. The van der Waals surface area contributed by atoms with Gasteiger partial charge in [-0.25, -0.2) is 5.10 Å². The van der Waals surface area contributed by atoms with E-state index >= 15 is 0 Å². The van der Waals surface area contributed by atoms with Gasteiger partial charge in [0.25, 0.3) is 5.56 Å². The largest absolute Gasteiger partial charge is 0.303 e. The van der Waals surface area contributed by atoms with Crippen LogP contribution in [-0.2, 0) is 6.42 Å². The van der Waals surface area contributed by atoms with Crippen LogP contribution in [0.2, 0.25) is 0 Å². The van der Waals surface area contributed by atoms with Crippen LogP contribution in [0.25, 0.3) is 0 Å². The lowest BCUT2D eigenvalue weighted by molar-refractivity contribution is 0.307. The Labute approximate surface area is 82.9 Å². The maximum Gasteiger partial charge on any atom is 0.264 e. The number of likely N-dealkylation sites (tertiary alicyclic amines) is 1. The molecule has 1 unspecified atom stereocenters. The van der Waals surface area contributed by atoms with Crippen LogP contribution >= 0.6 is 0 Å². The molecule has 0 bridgehead atoms. The van der Waals surface area contributed by atoms with Crippen molar-refractivity contribution in [3.8, 4) is 0 Å². The van der Waals surface area contributed by atoms with Crippen LogP contribution in [0.5, 0.6) is 0 Å². The minimum absolute atomic E-state index is 0.131. The summed E-state index contributed by atoms with van der Waals surface area (Å²) >= 11 is 0. The van der Waals surface area contributed by atoms with Gasteiger partial charge in [-0.05, 0) is 32.5 Å². The van der Waals surface area contributed by atoms with Gasteiger partial charge < -0.3 is 4.90 Å². The molecule has 0 spiro atoms. The van der Waals surface area contributed by atoms with Crippen molar-refractivity contribution in [3.63, 3.8) is 0 Å². The number of nitrogens with zero attached hydrogens (tertiary/aromatic N) is 2. The fourth-order valence-corrected chi connectivity index (χ4v) is 1.97. The summed E-state index contributed by atoms with van der Waals surface area (Å²) < 4.78 is 0. The van der Waals surface area contributed by atoms with E-state index in [0.717, 1.165) is 12.1 Å². The third kappa shape index (κ3) is 2.01. The van der Waals surface area contributed by atoms with Gasteiger partial charge in [-0.3, -0.25) is 4.79 Å². The fourth-order valence-electron chi connectivity index (χ4n) is 1.97. The zero-order valence-electron chi connectivity index (χ0n) is 8.36. The Kier molecular flexibility index (Phi) is 2.63. The van der Waals surface area contributed by atoms with E-state index in [4.69, 9.17) is 0 Å². The summed E-state index contributed by atoms with van der Waals surface area (Å²) in [5.41, 5.74) is 0.844. The quantitative estimate of drug-likeness (QED) is 0.740. The van der Waals surface area contributed by atoms with Gasteiger partial charge in [-0.2, -0.15) is 5.10 Å². The SMILES string of the molecule is CN1CCCC1Cc1ccc(=O)[nH]n1. The van der Waals surface area contributed by atoms with Crippen molar-refractivity contribution < 1.29 is 0 Å². The molecule has 1 aromatic rings. The van der Waals surface area contributed by atoms with Gasteiger partial charge in [-0.15, -0.1) is 0 Å². The van der Waals surface area contributed by atoms with E-state index in [1.54, 1.807) is 0 Å². The number of aromatic nitrogens is 2. The molecule has 1 saturated heterocycles. The number of hydrogen-bond acceptors (Lipinski definition) is 3. The molecule has 0 aromatic carbocycles. The van der Waals surface area contributed by atoms with E-state index < -0.39 is 0 Å². The highest BCUT2D eigenvalue weighted by Gasteiger charge is 2.21. The molecule has 1 aliphatic heterocycles. The summed E-state index contributed by atoms with van der Waals surface area (Å²) in [7, 11) is 2.14. The number of H-pyrrole nitrogens is 1. The Hall–Kier alpha value is -1.16. The first-order valence-corrected chi connectivity index (χ1v) is 5.00. The molecule has 14 heavy (non-hydrogen) atoms. The molecule has 4 nitrogen and oxygen atoms in total. The van der Waals surface area contributed by atoms with Crippen LogP contribution in [0, 0.1) is 0 Å². The molecule has 1 fully saturated rings. The van der Waals surface area contributed by atoms with E-state index in [1.165, 1.54) is 25.5 Å². The molecule has 0 aliphatic carbocycles. The van der Waals surface area contributed by atoms with E-state index in [9.17, 15) is 4.79 Å². The second-order valence-electron chi connectivity index (χ2n) is 3.89. The minimum Gasteiger partial charge on any atom is -0.303 e. The van der Waals surface area contributed by atoms with Crippen LogP contribution in [-0.4, -0.2) is 34.7 Å². The molecule has 0 radical (unpaired) electrons. The predicted molar refractivity (Wildman–Crippen MR) is 54.2 cm³/mol. The van der Waals surface area contributed by atoms with Crippen LogP contribution in [0.15, 0.2) is 16.9 Å². The first kappa shape index (κ1) is 9.40. The molecule has 1 aliphatic rings. The van der Waals surface area contributed by atoms with Gasteiger partial charge in [0.05, 0.1) is 5.69 Å². The maximum absolute atomic E-state index is 10.8. The highest BCUT2D eigenvalue weighted by molar-refractivity contribution is 5.02. The van der Waals surface area contributed by atoms with Crippen molar-refractivity contribution in [1.29, 1.82) is 0 Å². The van der Waals surface area contributed by atoms with Crippen molar-refractivity contribution in [2.45, 2.75) is 25.3 Å². The second-order valence-corrected chi connectivity index (χ2v) is 3.89. The number of hydrogen-bond donors (Lipinski definition) is 1. The third-order valence-corrected chi connectivity index (χ3v) is 2.85. The van der Waals surface area contributed by atoms with E-state index in [-0.39, 0.29) is 5.56 Å². The molecule has 0 amide bonds. The summed E-state index contributed by atoms with van der Waals surface area (Å²) in [6, 6.07) is 3.94. The fraction of sp³-hybridized carbons (Fsp3) is 0.600. The van der Waals surface area contributed by atoms with Gasteiger partial charge >= 0.3 is 0 Å². The standard InChI is InChI=1S/C10H15N3O/c1-13-6-2-3-9(13)7-8-4-5-10(14)12-11-8/h4-5,9H,2-3,6-7H2,1H3,(H,12,14). The van der Waals surface area contributed by atoms with Crippen LogP contribution in [0.3, 0.4) is 0 Å². The lowest BCUT2D eigenvalue weighted by Crippen LogP contribution is -2.27. The Bertz CT molecular complexity index is 340. The number of aromatic amines is 1. The summed E-state index contributed by atoms with van der Waals surface area (Å²) in [6.45, 7) is 1.17. The molecule has 2 rings (SSSR count). The number of nitrogens with one attached hydrogen (secondary N) is 1. The third-order valence-electron chi connectivity index (χ3n) is 2.85. The minimum atomic E-state index is -0.131. The Balaban J connectivity index is 2.03. The average Bonchev–Trinajstić information content (AvgIpc) is 2.56.